The van der Waals surface area contributed by atoms with Crippen molar-refractivity contribution in [1.29, 1.82) is 0 Å². The van der Waals surface area contributed by atoms with Gasteiger partial charge in [-0.1, -0.05) is 49.4 Å². The molecule has 0 unspecified atom stereocenters. The van der Waals surface area contributed by atoms with Crippen LogP contribution in [-0.2, 0) is 11.2 Å². The highest BCUT2D eigenvalue weighted by molar-refractivity contribution is 7.15. The first kappa shape index (κ1) is 21.6. The fourth-order valence-electron chi connectivity index (χ4n) is 3.32. The maximum absolute atomic E-state index is 12.4. The Morgan fingerprint density at radius 3 is 2.47 bits per heavy atom. The topological polar surface area (TPSA) is 101 Å². The number of amides is 3. The van der Waals surface area contributed by atoms with E-state index in [2.05, 4.69) is 29.4 Å². The Morgan fingerprint density at radius 1 is 1.06 bits per heavy atom. The van der Waals surface area contributed by atoms with Crippen LogP contribution in [0.25, 0.3) is 0 Å². The molecule has 9 heteroatoms. The van der Waals surface area contributed by atoms with E-state index in [1.54, 1.807) is 30.3 Å². The summed E-state index contributed by atoms with van der Waals surface area (Å²) in [5.41, 5.74) is 1.97. The molecular formula is C23H22N4O4S. The number of ether oxygens (including phenoxy) is 1. The molecule has 0 saturated heterocycles. The average molecular weight is 451 g/mol. The number of hydrogen-bond donors (Lipinski definition) is 1. The van der Waals surface area contributed by atoms with Crippen molar-refractivity contribution >= 4 is 34.2 Å². The molecule has 3 aromatic rings. The van der Waals surface area contributed by atoms with E-state index in [0.717, 1.165) is 5.56 Å². The van der Waals surface area contributed by atoms with Crippen LogP contribution in [0.15, 0.2) is 48.5 Å². The van der Waals surface area contributed by atoms with Crippen molar-refractivity contribution in [3.8, 4) is 5.75 Å². The molecular weight excluding hydrogens is 428 g/mol. The minimum atomic E-state index is -0.344. The van der Waals surface area contributed by atoms with Crippen molar-refractivity contribution in [3.05, 3.63) is 70.2 Å². The van der Waals surface area contributed by atoms with E-state index >= 15 is 0 Å². The molecule has 0 radical (unpaired) electrons. The van der Waals surface area contributed by atoms with Gasteiger partial charge in [0.2, 0.25) is 5.13 Å². The van der Waals surface area contributed by atoms with Gasteiger partial charge in [0.05, 0.1) is 11.1 Å². The lowest BCUT2D eigenvalue weighted by Crippen LogP contribution is -2.31. The average Bonchev–Trinajstić information content (AvgIpc) is 3.33. The minimum absolute atomic E-state index is 0.147. The normalized spacial score (nSPS) is 12.9. The van der Waals surface area contributed by atoms with E-state index in [-0.39, 0.29) is 30.9 Å². The van der Waals surface area contributed by atoms with Gasteiger partial charge in [-0.25, -0.2) is 0 Å². The zero-order chi connectivity index (χ0) is 22.7. The molecule has 32 heavy (non-hydrogen) atoms. The van der Waals surface area contributed by atoms with Crippen molar-refractivity contribution in [2.75, 3.05) is 18.5 Å². The lowest BCUT2D eigenvalue weighted by Gasteiger charge is -2.12. The van der Waals surface area contributed by atoms with Gasteiger partial charge in [-0.05, 0) is 35.7 Å². The summed E-state index contributed by atoms with van der Waals surface area (Å²) in [5, 5.41) is 11.6. The third-order valence-corrected chi connectivity index (χ3v) is 5.93. The maximum atomic E-state index is 12.4. The molecule has 2 aromatic carbocycles. The zero-order valence-electron chi connectivity index (χ0n) is 17.7. The van der Waals surface area contributed by atoms with E-state index in [1.807, 2.05) is 18.2 Å². The number of hydrogen-bond acceptors (Lipinski definition) is 7. The van der Waals surface area contributed by atoms with Crippen LogP contribution in [0.5, 0.6) is 5.75 Å². The first-order valence-corrected chi connectivity index (χ1v) is 11.0. The fraction of sp³-hybridized carbons (Fsp3) is 0.261. The van der Waals surface area contributed by atoms with Crippen LogP contribution in [0.4, 0.5) is 5.13 Å². The lowest BCUT2D eigenvalue weighted by molar-refractivity contribution is -0.118. The van der Waals surface area contributed by atoms with Gasteiger partial charge in [0.1, 0.15) is 10.8 Å². The highest BCUT2D eigenvalue weighted by atomic mass is 32.1. The van der Waals surface area contributed by atoms with Crippen LogP contribution >= 0.6 is 11.3 Å². The molecule has 1 aliphatic rings. The van der Waals surface area contributed by atoms with Gasteiger partial charge < -0.3 is 4.74 Å². The van der Waals surface area contributed by atoms with Crippen molar-refractivity contribution in [3.63, 3.8) is 0 Å². The molecule has 0 spiro atoms. The predicted molar refractivity (Wildman–Crippen MR) is 120 cm³/mol. The first-order chi connectivity index (χ1) is 15.4. The van der Waals surface area contributed by atoms with Crippen LogP contribution in [0, 0.1) is 0 Å². The number of rotatable bonds is 8. The molecule has 1 aromatic heterocycles. The smallest absolute Gasteiger partial charge is 0.264 e. The van der Waals surface area contributed by atoms with Gasteiger partial charge >= 0.3 is 0 Å². The summed E-state index contributed by atoms with van der Waals surface area (Å²) in [4.78, 5) is 38.3. The zero-order valence-corrected chi connectivity index (χ0v) is 18.5. The third-order valence-electron chi connectivity index (χ3n) is 5.04. The van der Waals surface area contributed by atoms with E-state index in [4.69, 9.17) is 4.74 Å². The van der Waals surface area contributed by atoms with E-state index < -0.39 is 0 Å². The summed E-state index contributed by atoms with van der Waals surface area (Å²) in [6.45, 7) is 4.23. The number of nitrogens with one attached hydrogen (secondary N) is 1. The number of carbonyl (C=O) groups excluding carboxylic acids is 3. The molecule has 0 atom stereocenters. The Labute approximate surface area is 189 Å². The Kier molecular flexibility index (Phi) is 6.27. The molecule has 1 N–H and O–H groups in total. The van der Waals surface area contributed by atoms with Crippen molar-refractivity contribution < 1.29 is 19.1 Å². The molecule has 0 aliphatic carbocycles. The Hall–Kier alpha value is -3.59. The molecule has 0 saturated carbocycles. The molecule has 0 bridgehead atoms. The summed E-state index contributed by atoms with van der Waals surface area (Å²) in [5.74, 6) is 0.0467. The Morgan fingerprint density at radius 2 is 1.78 bits per heavy atom. The van der Waals surface area contributed by atoms with Gasteiger partial charge in [-0.3, -0.25) is 24.6 Å². The first-order valence-electron chi connectivity index (χ1n) is 10.2. The van der Waals surface area contributed by atoms with E-state index in [0.29, 0.717) is 39.4 Å². The molecule has 8 nitrogen and oxygen atoms in total. The second-order valence-corrected chi connectivity index (χ2v) is 8.68. The summed E-state index contributed by atoms with van der Waals surface area (Å²) in [6.07, 6.45) is 0.359. The maximum Gasteiger partial charge on any atom is 0.264 e. The largest absolute Gasteiger partial charge is 0.484 e. The van der Waals surface area contributed by atoms with Gasteiger partial charge in [-0.2, -0.15) is 0 Å². The Balaban J connectivity index is 1.28. The highest BCUT2D eigenvalue weighted by Gasteiger charge is 2.34. The van der Waals surface area contributed by atoms with Gasteiger partial charge in [0, 0.05) is 13.0 Å². The number of anilines is 1. The van der Waals surface area contributed by atoms with Gasteiger partial charge in [-0.15, -0.1) is 10.2 Å². The lowest BCUT2D eigenvalue weighted by atomic mass is 10.0. The summed E-state index contributed by atoms with van der Waals surface area (Å²) < 4.78 is 5.57. The van der Waals surface area contributed by atoms with Crippen molar-refractivity contribution in [2.24, 2.45) is 0 Å². The van der Waals surface area contributed by atoms with Crippen LogP contribution in [0.3, 0.4) is 0 Å². The monoisotopic (exact) mass is 450 g/mol. The summed E-state index contributed by atoms with van der Waals surface area (Å²) in [7, 11) is 0. The number of aromatic nitrogens is 2. The molecule has 0 fully saturated rings. The minimum Gasteiger partial charge on any atom is -0.484 e. The second kappa shape index (κ2) is 9.27. The van der Waals surface area contributed by atoms with Gasteiger partial charge in [0.25, 0.3) is 17.7 Å². The van der Waals surface area contributed by atoms with Crippen LogP contribution in [-0.4, -0.2) is 46.0 Å². The number of imide groups is 1. The van der Waals surface area contributed by atoms with E-state index in [9.17, 15) is 14.4 Å². The van der Waals surface area contributed by atoms with E-state index in [1.165, 1.54) is 16.2 Å². The standard InChI is InChI=1S/C23H22N4O4S/c1-14(2)15-6-5-7-16(12-15)31-13-19(28)24-23-26-25-20(32-23)10-11-27-21(29)17-8-3-4-9-18(17)22(27)30/h3-9,12,14H,10-11,13H2,1-2H3,(H,24,26,28). The van der Waals surface area contributed by atoms with Crippen LogP contribution < -0.4 is 10.1 Å². The highest BCUT2D eigenvalue weighted by Crippen LogP contribution is 2.24. The Bertz CT molecular complexity index is 1140. The van der Waals surface area contributed by atoms with Crippen molar-refractivity contribution in [2.45, 2.75) is 26.2 Å². The number of benzene rings is 2. The van der Waals surface area contributed by atoms with Gasteiger partial charge in [0.15, 0.2) is 6.61 Å². The summed E-state index contributed by atoms with van der Waals surface area (Å²) in [6, 6.07) is 14.4. The van der Waals surface area contributed by atoms with Crippen molar-refractivity contribution in [1.82, 2.24) is 15.1 Å². The molecule has 2 heterocycles. The second-order valence-electron chi connectivity index (χ2n) is 7.62. The molecule has 164 valence electrons. The van der Waals surface area contributed by atoms with Crippen LogP contribution in [0.2, 0.25) is 0 Å². The third kappa shape index (κ3) is 4.67. The number of carbonyl (C=O) groups is 3. The van der Waals surface area contributed by atoms with Crippen LogP contribution in [0.1, 0.15) is 51.1 Å². The SMILES string of the molecule is CC(C)c1cccc(OCC(=O)Nc2nnc(CCN3C(=O)c4ccccc4C3=O)s2)c1. The molecule has 4 rings (SSSR count). The quantitative estimate of drug-likeness (QED) is 0.527. The number of nitrogens with zero attached hydrogens (tertiary/aromatic N) is 3. The molecule has 1 aliphatic heterocycles. The predicted octanol–water partition coefficient (Wildman–Crippen LogP) is 3.52. The number of fused-ring (bicyclic) bond motifs is 1. The summed E-state index contributed by atoms with van der Waals surface area (Å²) >= 11 is 1.20. The fourth-order valence-corrected chi connectivity index (χ4v) is 4.07. The molecule has 3 amide bonds.